The lowest BCUT2D eigenvalue weighted by atomic mass is 9.99. The maximum absolute atomic E-state index is 13.2. The van der Waals surface area contributed by atoms with Gasteiger partial charge in [-0.2, -0.15) is 8.42 Å². The van der Waals surface area contributed by atoms with E-state index in [1.54, 1.807) is 6.08 Å². The van der Waals surface area contributed by atoms with Gasteiger partial charge in [-0.3, -0.25) is 9.35 Å². The van der Waals surface area contributed by atoms with Crippen LogP contribution >= 0.6 is 0 Å². The van der Waals surface area contributed by atoms with Crippen LogP contribution in [0.2, 0.25) is 0 Å². The van der Waals surface area contributed by atoms with Crippen molar-refractivity contribution in [1.82, 2.24) is 5.32 Å². The van der Waals surface area contributed by atoms with E-state index in [0.717, 1.165) is 57.8 Å². The van der Waals surface area contributed by atoms with Gasteiger partial charge in [0.15, 0.2) is 6.29 Å². The third kappa shape index (κ3) is 35.1. The minimum Gasteiger partial charge on any atom is -0.394 e. The molecule has 0 saturated carbocycles. The summed E-state index contributed by atoms with van der Waals surface area (Å²) in [7, 11) is -5.12. The number of unbranched alkanes of at least 4 members (excludes halogenated alkanes) is 30. The molecule has 1 aliphatic heterocycles. The summed E-state index contributed by atoms with van der Waals surface area (Å²) in [6.45, 7) is 3.22. The summed E-state index contributed by atoms with van der Waals surface area (Å²) in [4.78, 5) is 13.2. The van der Waals surface area contributed by atoms with Crippen molar-refractivity contribution in [1.29, 1.82) is 0 Å². The highest BCUT2D eigenvalue weighted by atomic mass is 32.3. The van der Waals surface area contributed by atoms with Crippen LogP contribution < -0.4 is 5.32 Å². The number of hydrogen-bond donors (Lipinski definition) is 7. The molecule has 67 heavy (non-hydrogen) atoms. The number of aliphatic hydroxyl groups excluding tert-OH is 5. The van der Waals surface area contributed by atoms with Gasteiger partial charge >= 0.3 is 10.4 Å². The van der Waals surface area contributed by atoms with Gasteiger partial charge in [0, 0.05) is 0 Å². The van der Waals surface area contributed by atoms with Gasteiger partial charge in [0.2, 0.25) is 5.91 Å². The lowest BCUT2D eigenvalue weighted by Gasteiger charge is -2.41. The number of aliphatic hydroxyl groups is 5. The lowest BCUT2D eigenvalue weighted by molar-refractivity contribution is -0.298. The Bertz CT molecular complexity index is 1350. The van der Waals surface area contributed by atoms with E-state index in [9.17, 15) is 43.3 Å². The average molecular weight is 974 g/mol. The highest BCUT2D eigenvalue weighted by molar-refractivity contribution is 7.80. The minimum atomic E-state index is -5.12. The van der Waals surface area contributed by atoms with Crippen LogP contribution in [0.15, 0.2) is 36.5 Å². The Kier molecular flexibility index (Phi) is 40.7. The van der Waals surface area contributed by atoms with Gasteiger partial charge in [0.25, 0.3) is 0 Å². The molecule has 1 saturated heterocycles. The maximum atomic E-state index is 13.2. The summed E-state index contributed by atoms with van der Waals surface area (Å²) in [5.74, 6) is -0.705. The fourth-order valence-corrected chi connectivity index (χ4v) is 9.02. The first-order chi connectivity index (χ1) is 32.4. The van der Waals surface area contributed by atoms with Crippen molar-refractivity contribution in [2.45, 2.75) is 281 Å². The zero-order valence-corrected chi connectivity index (χ0v) is 42.9. The number of rotatable bonds is 46. The molecule has 8 unspecified atom stereocenters. The molecular formula is C53H99NO12S. The second kappa shape index (κ2) is 43.1. The van der Waals surface area contributed by atoms with Crippen molar-refractivity contribution < 1.29 is 57.0 Å². The molecule has 1 aliphatic rings. The van der Waals surface area contributed by atoms with Gasteiger partial charge in [-0.15, -0.1) is 0 Å². The summed E-state index contributed by atoms with van der Waals surface area (Å²) < 4.78 is 47.7. The first-order valence-electron chi connectivity index (χ1n) is 27.0. The van der Waals surface area contributed by atoms with Gasteiger partial charge in [0.1, 0.15) is 30.5 Å². The van der Waals surface area contributed by atoms with Crippen LogP contribution in [0.1, 0.15) is 232 Å². The standard InChI is InChI=1S/C53H99NO12S/c1-3-5-7-9-11-13-15-17-19-21-23-24-26-27-29-31-33-35-37-39-41-46(56)45(44-64-53-50(59)51(66-67(61,62)63)49(58)48(43-55)65-53)54-52(60)47(57)42-40-38-36-34-32-30-28-25-22-20-18-16-14-12-10-8-6-4-2/h12,14,16,18,39,41,45-51,53,55-59H,3-11,13,15,17,19-38,40,42-44H2,1-2H3,(H,54,60)(H,61,62,63)/b14-12-,18-16-,41-39+. The van der Waals surface area contributed by atoms with E-state index in [-0.39, 0.29) is 6.42 Å². The molecule has 0 spiro atoms. The molecule has 13 nitrogen and oxygen atoms in total. The summed E-state index contributed by atoms with van der Waals surface area (Å²) in [6.07, 6.45) is 40.7. The summed E-state index contributed by atoms with van der Waals surface area (Å²) >= 11 is 0. The molecule has 1 fully saturated rings. The van der Waals surface area contributed by atoms with Gasteiger partial charge in [-0.1, -0.05) is 224 Å². The van der Waals surface area contributed by atoms with Crippen molar-refractivity contribution in [3.05, 3.63) is 36.5 Å². The van der Waals surface area contributed by atoms with Crippen molar-refractivity contribution in [3.8, 4) is 0 Å². The van der Waals surface area contributed by atoms with Gasteiger partial charge in [0.05, 0.1) is 25.4 Å². The molecule has 0 aromatic heterocycles. The van der Waals surface area contributed by atoms with E-state index in [2.05, 4.69) is 47.7 Å². The second-order valence-electron chi connectivity index (χ2n) is 19.0. The van der Waals surface area contributed by atoms with Crippen LogP contribution in [0.4, 0.5) is 0 Å². The first kappa shape index (κ1) is 63.3. The molecule has 0 aromatic carbocycles. The van der Waals surface area contributed by atoms with E-state index >= 15 is 0 Å². The second-order valence-corrected chi connectivity index (χ2v) is 20.0. The third-order valence-electron chi connectivity index (χ3n) is 12.8. The molecule has 7 N–H and O–H groups in total. The van der Waals surface area contributed by atoms with Crippen molar-refractivity contribution in [2.75, 3.05) is 13.2 Å². The number of hydrogen-bond acceptors (Lipinski definition) is 11. The highest BCUT2D eigenvalue weighted by Gasteiger charge is 2.48. The van der Waals surface area contributed by atoms with E-state index in [4.69, 9.17) is 9.47 Å². The zero-order valence-electron chi connectivity index (χ0n) is 42.1. The zero-order chi connectivity index (χ0) is 49.2. The fourth-order valence-electron chi connectivity index (χ4n) is 8.51. The molecule has 394 valence electrons. The molecule has 0 radical (unpaired) electrons. The molecular weight excluding hydrogens is 875 g/mol. The Hall–Kier alpha value is -1.72. The van der Waals surface area contributed by atoms with Gasteiger partial charge in [-0.25, -0.2) is 4.18 Å². The summed E-state index contributed by atoms with van der Waals surface area (Å²) in [5, 5.41) is 55.5. The number of ether oxygens (including phenoxy) is 2. The number of allylic oxidation sites excluding steroid dienone is 5. The number of carbonyl (C=O) groups excluding carboxylic acids is 1. The summed E-state index contributed by atoms with van der Waals surface area (Å²) in [6, 6.07) is -1.12. The van der Waals surface area contributed by atoms with E-state index < -0.39 is 78.5 Å². The molecule has 8 atom stereocenters. The maximum Gasteiger partial charge on any atom is 0.397 e. The van der Waals surface area contributed by atoms with Gasteiger partial charge < -0.3 is 40.3 Å². The largest absolute Gasteiger partial charge is 0.397 e. The molecule has 1 heterocycles. The molecule has 0 aliphatic carbocycles. The lowest BCUT2D eigenvalue weighted by Crippen LogP contribution is -2.61. The van der Waals surface area contributed by atoms with Crippen molar-refractivity contribution >= 4 is 16.3 Å². The Morgan fingerprint density at radius 1 is 0.612 bits per heavy atom. The van der Waals surface area contributed by atoms with Crippen LogP contribution in [0.3, 0.4) is 0 Å². The monoisotopic (exact) mass is 974 g/mol. The van der Waals surface area contributed by atoms with Crippen LogP contribution in [-0.2, 0) is 28.9 Å². The average Bonchev–Trinajstić information content (AvgIpc) is 3.30. The fraction of sp³-hybridized carbons (Fsp3) is 0.868. The number of nitrogens with one attached hydrogen (secondary N) is 1. The Labute approximate surface area is 408 Å². The topological polar surface area (TPSA) is 212 Å². The SMILES string of the molecule is CCCCC/C=C\C=C/CCCCCCCCCCCC(O)C(=O)NC(COC1OC(CO)C(O)C(OS(=O)(=O)O)C1O)C(O)/C=C/CCCCCCCCCCCCCCCCCCCC. The van der Waals surface area contributed by atoms with Crippen molar-refractivity contribution in [2.24, 2.45) is 0 Å². The Morgan fingerprint density at radius 2 is 1.01 bits per heavy atom. The smallest absolute Gasteiger partial charge is 0.394 e. The van der Waals surface area contributed by atoms with E-state index in [1.165, 1.54) is 141 Å². The highest BCUT2D eigenvalue weighted by Crippen LogP contribution is 2.26. The van der Waals surface area contributed by atoms with E-state index in [1.807, 2.05) is 6.08 Å². The van der Waals surface area contributed by atoms with Crippen LogP contribution in [0, 0.1) is 0 Å². The number of carbonyl (C=O) groups is 1. The van der Waals surface area contributed by atoms with Crippen molar-refractivity contribution in [3.63, 3.8) is 0 Å². The molecule has 0 bridgehead atoms. The van der Waals surface area contributed by atoms with Gasteiger partial charge in [-0.05, 0) is 44.9 Å². The summed E-state index contributed by atoms with van der Waals surface area (Å²) in [5.41, 5.74) is 0. The molecule has 1 rings (SSSR count). The Balaban J connectivity index is 2.49. The normalized spacial score (nSPS) is 20.6. The number of amides is 1. The van der Waals surface area contributed by atoms with Crippen LogP contribution in [0.5, 0.6) is 0 Å². The van der Waals surface area contributed by atoms with Crippen LogP contribution in [-0.4, -0.2) is 107 Å². The minimum absolute atomic E-state index is 0.237. The quantitative estimate of drug-likeness (QED) is 0.0131. The van der Waals surface area contributed by atoms with Crippen LogP contribution in [0.25, 0.3) is 0 Å². The Morgan fingerprint density at radius 3 is 1.46 bits per heavy atom. The van der Waals surface area contributed by atoms with E-state index in [0.29, 0.717) is 12.8 Å². The molecule has 1 amide bonds. The predicted molar refractivity (Wildman–Crippen MR) is 270 cm³/mol. The molecule has 0 aromatic rings. The molecule has 14 heteroatoms. The third-order valence-corrected chi connectivity index (χ3v) is 13.3. The first-order valence-corrected chi connectivity index (χ1v) is 28.4. The predicted octanol–water partition coefficient (Wildman–Crippen LogP) is 10.8.